The van der Waals surface area contributed by atoms with Crippen molar-refractivity contribution >= 4 is 0 Å². The van der Waals surface area contributed by atoms with Crippen molar-refractivity contribution < 1.29 is 9.13 Å². The lowest BCUT2D eigenvalue weighted by Crippen LogP contribution is -2.51. The van der Waals surface area contributed by atoms with Crippen LogP contribution in [-0.4, -0.2) is 9.97 Å². The number of hydrogen-bond acceptors (Lipinski definition) is 2. The Labute approximate surface area is 146 Å². The molecule has 0 atom stereocenters. The fraction of sp³-hybridized carbons (Fsp3) is 0.0476. The third-order valence-corrected chi connectivity index (χ3v) is 3.96. The Kier molecular flexibility index (Phi) is 4.25. The molecule has 0 unspecified atom stereocenters. The van der Waals surface area contributed by atoms with E-state index >= 15 is 0 Å². The zero-order chi connectivity index (χ0) is 16.9. The van der Waals surface area contributed by atoms with E-state index in [-0.39, 0.29) is 0 Å². The summed E-state index contributed by atoms with van der Waals surface area (Å²) >= 11 is 0. The highest BCUT2D eigenvalue weighted by atomic mass is 15.1. The van der Waals surface area contributed by atoms with Crippen LogP contribution in [0.1, 0.15) is 0 Å². The first kappa shape index (κ1) is 15.1. The van der Waals surface area contributed by atoms with Gasteiger partial charge in [-0.2, -0.15) is 0 Å². The van der Waals surface area contributed by atoms with E-state index < -0.39 is 0 Å². The van der Waals surface area contributed by atoms with E-state index in [2.05, 4.69) is 56.0 Å². The van der Waals surface area contributed by atoms with Crippen LogP contribution in [0, 0.1) is 0 Å². The van der Waals surface area contributed by atoms with E-state index in [1.807, 2.05) is 60.9 Å². The van der Waals surface area contributed by atoms with Crippen LogP contribution in [0.3, 0.4) is 0 Å². The Hall–Kier alpha value is -3.40. The summed E-state index contributed by atoms with van der Waals surface area (Å²) in [7, 11) is 0. The topological polar surface area (TPSA) is 33.5 Å². The molecule has 0 saturated heterocycles. The lowest BCUT2D eigenvalue weighted by Gasteiger charge is -2.01. The maximum Gasteiger partial charge on any atom is 0.343 e. The normalized spacial score (nSPS) is 10.6. The van der Waals surface area contributed by atoms with E-state index in [4.69, 9.17) is 0 Å². The SMILES string of the molecule is c1ccc(-c2ccc[n+](C[n+]3cccc(-c4ccccn4)c3)c2)nc1. The van der Waals surface area contributed by atoms with Crippen LogP contribution in [0.2, 0.25) is 0 Å². The third-order valence-electron chi connectivity index (χ3n) is 3.96. The van der Waals surface area contributed by atoms with Crippen LogP contribution in [0.5, 0.6) is 0 Å². The first-order valence-corrected chi connectivity index (χ1v) is 8.19. The quantitative estimate of drug-likeness (QED) is 0.540. The van der Waals surface area contributed by atoms with Crippen molar-refractivity contribution in [1.82, 2.24) is 9.97 Å². The summed E-state index contributed by atoms with van der Waals surface area (Å²) < 4.78 is 4.29. The van der Waals surface area contributed by atoms with Crippen LogP contribution in [0.15, 0.2) is 97.8 Å². The minimum absolute atomic E-state index is 0.724. The van der Waals surface area contributed by atoms with Crippen LogP contribution < -0.4 is 9.13 Å². The van der Waals surface area contributed by atoms with Gasteiger partial charge in [0.05, 0.1) is 22.5 Å². The predicted octanol–water partition coefficient (Wildman–Crippen LogP) is 2.89. The molecule has 25 heavy (non-hydrogen) atoms. The second kappa shape index (κ2) is 7.01. The van der Waals surface area contributed by atoms with E-state index in [1.54, 1.807) is 0 Å². The summed E-state index contributed by atoms with van der Waals surface area (Å²) in [6.07, 6.45) is 12.0. The van der Waals surface area contributed by atoms with Gasteiger partial charge in [-0.1, -0.05) is 12.1 Å². The highest BCUT2D eigenvalue weighted by Gasteiger charge is 2.12. The smallest absolute Gasteiger partial charge is 0.256 e. The molecule has 0 spiro atoms. The summed E-state index contributed by atoms with van der Waals surface area (Å²) in [6.45, 7) is 0.724. The molecule has 0 aromatic carbocycles. The zero-order valence-corrected chi connectivity index (χ0v) is 13.7. The minimum atomic E-state index is 0.724. The molecule has 4 rings (SSSR count). The Bertz CT molecular complexity index is 888. The minimum Gasteiger partial charge on any atom is -0.256 e. The molecule has 4 heteroatoms. The van der Waals surface area contributed by atoms with Gasteiger partial charge in [-0.15, -0.1) is 9.13 Å². The molecule has 0 radical (unpaired) electrons. The van der Waals surface area contributed by atoms with E-state index in [0.29, 0.717) is 0 Å². The fourth-order valence-corrected chi connectivity index (χ4v) is 2.78. The summed E-state index contributed by atoms with van der Waals surface area (Å²) in [5, 5.41) is 0. The Balaban J connectivity index is 1.61. The summed E-state index contributed by atoms with van der Waals surface area (Å²) in [6, 6.07) is 20.2. The number of hydrogen-bond donors (Lipinski definition) is 0. The van der Waals surface area contributed by atoms with Crippen molar-refractivity contribution in [3.05, 3.63) is 97.8 Å². The van der Waals surface area contributed by atoms with Crippen molar-refractivity contribution in [2.45, 2.75) is 6.67 Å². The maximum absolute atomic E-state index is 4.42. The van der Waals surface area contributed by atoms with Gasteiger partial charge in [0.15, 0.2) is 24.8 Å². The van der Waals surface area contributed by atoms with Crippen molar-refractivity contribution in [2.75, 3.05) is 0 Å². The maximum atomic E-state index is 4.42. The standard InChI is InChI=1S/C21H18N4/c1-3-11-22-20(9-1)18-7-5-13-24(15-18)17-25-14-6-8-19(16-25)21-10-2-4-12-23-21/h1-16H,17H2/q+2. The molecule has 4 aromatic rings. The predicted molar refractivity (Wildman–Crippen MR) is 95.1 cm³/mol. The number of rotatable bonds is 4. The summed E-state index contributed by atoms with van der Waals surface area (Å²) in [5.41, 5.74) is 4.15. The van der Waals surface area contributed by atoms with Crippen LogP contribution in [0.25, 0.3) is 22.5 Å². The Morgan fingerprint density at radius 1 is 0.600 bits per heavy atom. The average Bonchev–Trinajstić information content (AvgIpc) is 2.70. The first-order chi connectivity index (χ1) is 12.4. The number of aromatic nitrogens is 4. The molecule has 0 aliphatic carbocycles. The van der Waals surface area contributed by atoms with Crippen LogP contribution in [0.4, 0.5) is 0 Å². The van der Waals surface area contributed by atoms with E-state index in [0.717, 1.165) is 29.2 Å². The Morgan fingerprint density at radius 3 is 1.56 bits per heavy atom. The molecule has 0 aliphatic heterocycles. The molecule has 0 fully saturated rings. The number of pyridine rings is 4. The molecule has 4 nitrogen and oxygen atoms in total. The van der Waals surface area contributed by atoms with E-state index in [1.165, 1.54) is 0 Å². The fourth-order valence-electron chi connectivity index (χ4n) is 2.78. The lowest BCUT2D eigenvalue weighted by molar-refractivity contribution is -0.912. The second-order valence-electron chi connectivity index (χ2n) is 5.79. The van der Waals surface area contributed by atoms with Gasteiger partial charge < -0.3 is 0 Å². The van der Waals surface area contributed by atoms with Gasteiger partial charge in [0.1, 0.15) is 0 Å². The highest BCUT2D eigenvalue weighted by Crippen LogP contribution is 2.14. The molecule has 4 aromatic heterocycles. The second-order valence-corrected chi connectivity index (χ2v) is 5.79. The van der Waals surface area contributed by atoms with Gasteiger partial charge in [-0.25, -0.2) is 0 Å². The summed E-state index contributed by atoms with van der Waals surface area (Å²) in [5.74, 6) is 0. The zero-order valence-electron chi connectivity index (χ0n) is 13.7. The molecular weight excluding hydrogens is 308 g/mol. The molecule has 0 aliphatic rings. The first-order valence-electron chi connectivity index (χ1n) is 8.19. The van der Waals surface area contributed by atoms with Crippen LogP contribution >= 0.6 is 0 Å². The van der Waals surface area contributed by atoms with Gasteiger partial charge in [0.25, 0.3) is 0 Å². The van der Waals surface area contributed by atoms with Gasteiger partial charge in [0.2, 0.25) is 0 Å². The molecule has 120 valence electrons. The monoisotopic (exact) mass is 326 g/mol. The van der Waals surface area contributed by atoms with Crippen molar-refractivity contribution in [3.63, 3.8) is 0 Å². The van der Waals surface area contributed by atoms with Crippen molar-refractivity contribution in [3.8, 4) is 22.5 Å². The van der Waals surface area contributed by atoms with Gasteiger partial charge >= 0.3 is 6.67 Å². The highest BCUT2D eigenvalue weighted by molar-refractivity contribution is 5.56. The van der Waals surface area contributed by atoms with Crippen molar-refractivity contribution in [1.29, 1.82) is 0 Å². The van der Waals surface area contributed by atoms with Gasteiger partial charge in [-0.05, 0) is 36.4 Å². The van der Waals surface area contributed by atoms with E-state index in [9.17, 15) is 0 Å². The average molecular weight is 326 g/mol. The Morgan fingerprint density at radius 2 is 1.12 bits per heavy atom. The van der Waals surface area contributed by atoms with Gasteiger partial charge in [-0.3, -0.25) is 9.97 Å². The molecule has 0 N–H and O–H groups in total. The molecule has 0 amide bonds. The molecule has 4 heterocycles. The lowest BCUT2D eigenvalue weighted by atomic mass is 10.2. The molecule has 0 bridgehead atoms. The third kappa shape index (κ3) is 3.58. The van der Waals surface area contributed by atoms with Crippen molar-refractivity contribution in [2.24, 2.45) is 0 Å². The molecular formula is C21H18N4+2. The van der Waals surface area contributed by atoms with Gasteiger partial charge in [0, 0.05) is 24.5 Å². The molecule has 0 saturated carbocycles. The number of nitrogens with zero attached hydrogens (tertiary/aromatic N) is 4. The van der Waals surface area contributed by atoms with Crippen LogP contribution in [-0.2, 0) is 6.67 Å². The summed E-state index contributed by atoms with van der Waals surface area (Å²) in [4.78, 5) is 8.85. The largest absolute Gasteiger partial charge is 0.343 e.